The van der Waals surface area contributed by atoms with Crippen LogP contribution in [0.5, 0.6) is 11.5 Å². The summed E-state index contributed by atoms with van der Waals surface area (Å²) in [6, 6.07) is 5.62. The molecule has 1 heterocycles. The van der Waals surface area contributed by atoms with Crippen molar-refractivity contribution < 1.29 is 19.4 Å². The fourth-order valence-electron chi connectivity index (χ4n) is 1.85. The second kappa shape index (κ2) is 4.65. The van der Waals surface area contributed by atoms with E-state index in [4.69, 9.17) is 14.6 Å². The maximum Gasteiger partial charge on any atom is 0.306 e. The van der Waals surface area contributed by atoms with Crippen molar-refractivity contribution >= 4 is 5.97 Å². The van der Waals surface area contributed by atoms with E-state index in [0.717, 1.165) is 11.3 Å². The lowest BCUT2D eigenvalue weighted by molar-refractivity contribution is -0.141. The number of benzene rings is 1. The highest BCUT2D eigenvalue weighted by molar-refractivity contribution is 5.71. The molecular formula is C13H16O4. The summed E-state index contributed by atoms with van der Waals surface area (Å²) in [4.78, 5) is 10.9. The van der Waals surface area contributed by atoms with Gasteiger partial charge in [0.15, 0.2) is 11.5 Å². The summed E-state index contributed by atoms with van der Waals surface area (Å²) in [5.74, 6) is 0.182. The first-order chi connectivity index (χ1) is 8.09. The van der Waals surface area contributed by atoms with Crippen LogP contribution < -0.4 is 9.47 Å². The van der Waals surface area contributed by atoms with Crippen LogP contribution in [0.3, 0.4) is 0 Å². The van der Waals surface area contributed by atoms with Gasteiger partial charge in [-0.25, -0.2) is 0 Å². The van der Waals surface area contributed by atoms with Crippen LogP contribution >= 0.6 is 0 Å². The minimum atomic E-state index is -0.785. The van der Waals surface area contributed by atoms with Gasteiger partial charge >= 0.3 is 5.97 Å². The van der Waals surface area contributed by atoms with E-state index in [1.165, 1.54) is 0 Å². The lowest BCUT2D eigenvalue weighted by Gasteiger charge is -2.22. The molecule has 0 radical (unpaired) electrons. The molecule has 0 saturated heterocycles. The summed E-state index contributed by atoms with van der Waals surface area (Å²) in [5, 5.41) is 9.00. The molecule has 1 N–H and O–H groups in total. The Morgan fingerprint density at radius 2 is 1.88 bits per heavy atom. The molecule has 1 aliphatic rings. The van der Waals surface area contributed by atoms with Gasteiger partial charge in [-0.05, 0) is 23.6 Å². The number of carbonyl (C=O) groups is 1. The van der Waals surface area contributed by atoms with Gasteiger partial charge in [-0.15, -0.1) is 0 Å². The smallest absolute Gasteiger partial charge is 0.306 e. The van der Waals surface area contributed by atoms with Gasteiger partial charge in [0.05, 0.1) is 5.92 Å². The van der Waals surface area contributed by atoms with Gasteiger partial charge in [0, 0.05) is 0 Å². The molecule has 2 atom stereocenters. The van der Waals surface area contributed by atoms with Crippen LogP contribution in [0, 0.1) is 5.92 Å². The van der Waals surface area contributed by atoms with E-state index < -0.39 is 11.9 Å². The van der Waals surface area contributed by atoms with Crippen molar-refractivity contribution in [1.29, 1.82) is 0 Å². The first-order valence-electron chi connectivity index (χ1n) is 5.72. The third-order valence-corrected chi connectivity index (χ3v) is 3.23. The molecular weight excluding hydrogens is 220 g/mol. The molecule has 92 valence electrons. The Kier molecular flexibility index (Phi) is 3.22. The number of aliphatic carboxylic acids is 1. The van der Waals surface area contributed by atoms with E-state index in [9.17, 15) is 4.79 Å². The summed E-state index contributed by atoms with van der Waals surface area (Å²) in [6.07, 6.45) is 0. The molecule has 1 aromatic rings. The molecule has 0 saturated carbocycles. The number of hydrogen-bond acceptors (Lipinski definition) is 3. The minimum Gasteiger partial charge on any atom is -0.486 e. The molecule has 17 heavy (non-hydrogen) atoms. The van der Waals surface area contributed by atoms with Gasteiger partial charge < -0.3 is 14.6 Å². The highest BCUT2D eigenvalue weighted by Gasteiger charge is 2.22. The van der Waals surface area contributed by atoms with Gasteiger partial charge in [-0.3, -0.25) is 4.79 Å². The Morgan fingerprint density at radius 1 is 1.24 bits per heavy atom. The first-order valence-corrected chi connectivity index (χ1v) is 5.72. The van der Waals surface area contributed by atoms with Crippen molar-refractivity contribution in [3.05, 3.63) is 23.8 Å². The number of carboxylic acid groups (broad SMARTS) is 1. The predicted molar refractivity (Wildman–Crippen MR) is 62.6 cm³/mol. The largest absolute Gasteiger partial charge is 0.486 e. The van der Waals surface area contributed by atoms with Crippen molar-refractivity contribution in [3.63, 3.8) is 0 Å². The van der Waals surface area contributed by atoms with Crippen LogP contribution in [-0.4, -0.2) is 24.3 Å². The first kappa shape index (κ1) is 11.8. The highest BCUT2D eigenvalue weighted by Crippen LogP contribution is 2.35. The molecule has 1 aliphatic heterocycles. The van der Waals surface area contributed by atoms with Crippen molar-refractivity contribution in [1.82, 2.24) is 0 Å². The maximum atomic E-state index is 10.9. The van der Waals surface area contributed by atoms with Gasteiger partial charge in [-0.1, -0.05) is 19.9 Å². The van der Waals surface area contributed by atoms with Gasteiger partial charge in [-0.2, -0.15) is 0 Å². The Hall–Kier alpha value is -1.71. The number of hydrogen-bond donors (Lipinski definition) is 1. The van der Waals surface area contributed by atoms with E-state index in [1.807, 2.05) is 25.1 Å². The van der Waals surface area contributed by atoms with Gasteiger partial charge in [0.1, 0.15) is 13.2 Å². The van der Waals surface area contributed by atoms with Crippen LogP contribution in [-0.2, 0) is 4.79 Å². The van der Waals surface area contributed by atoms with Crippen LogP contribution in [0.25, 0.3) is 0 Å². The van der Waals surface area contributed by atoms with Crippen molar-refractivity contribution in [2.24, 2.45) is 5.92 Å². The average molecular weight is 236 g/mol. The van der Waals surface area contributed by atoms with Gasteiger partial charge in [0.2, 0.25) is 0 Å². The number of carboxylic acids is 1. The average Bonchev–Trinajstić information content (AvgIpc) is 2.36. The fourth-order valence-corrected chi connectivity index (χ4v) is 1.85. The van der Waals surface area contributed by atoms with E-state index in [2.05, 4.69) is 0 Å². The standard InChI is InChI=1S/C13H16O4/c1-8(9(2)13(14)15)10-3-4-11-12(7-10)17-6-5-16-11/h3-4,7-9H,5-6H2,1-2H3,(H,14,15). The van der Waals surface area contributed by atoms with Crippen molar-refractivity contribution in [3.8, 4) is 11.5 Å². The van der Waals surface area contributed by atoms with Crippen LogP contribution in [0.15, 0.2) is 18.2 Å². The van der Waals surface area contributed by atoms with Crippen LogP contribution in [0.1, 0.15) is 25.3 Å². The third kappa shape index (κ3) is 2.35. The van der Waals surface area contributed by atoms with E-state index in [1.54, 1.807) is 6.92 Å². The summed E-state index contributed by atoms with van der Waals surface area (Å²) < 4.78 is 10.9. The zero-order valence-corrected chi connectivity index (χ0v) is 9.97. The third-order valence-electron chi connectivity index (χ3n) is 3.23. The fraction of sp³-hybridized carbons (Fsp3) is 0.462. The molecule has 4 nitrogen and oxygen atoms in total. The topological polar surface area (TPSA) is 55.8 Å². The number of rotatable bonds is 3. The van der Waals surface area contributed by atoms with Crippen molar-refractivity contribution in [2.45, 2.75) is 19.8 Å². The van der Waals surface area contributed by atoms with Crippen LogP contribution in [0.2, 0.25) is 0 Å². The van der Waals surface area contributed by atoms with Crippen molar-refractivity contribution in [2.75, 3.05) is 13.2 Å². The quantitative estimate of drug-likeness (QED) is 0.874. The SMILES string of the molecule is CC(C(=O)O)C(C)c1ccc2c(c1)OCCO2. The molecule has 2 unspecified atom stereocenters. The Morgan fingerprint density at radius 3 is 2.53 bits per heavy atom. The maximum absolute atomic E-state index is 10.9. The van der Waals surface area contributed by atoms with Gasteiger partial charge in [0.25, 0.3) is 0 Å². The summed E-state index contributed by atoms with van der Waals surface area (Å²) in [7, 11) is 0. The Bertz CT molecular complexity index is 427. The Balaban J connectivity index is 2.24. The summed E-state index contributed by atoms with van der Waals surface area (Å²) in [5.41, 5.74) is 0.962. The Labute approximate surface area is 100 Å². The zero-order valence-electron chi connectivity index (χ0n) is 9.97. The second-order valence-electron chi connectivity index (χ2n) is 4.32. The number of fused-ring (bicyclic) bond motifs is 1. The van der Waals surface area contributed by atoms with E-state index in [-0.39, 0.29) is 5.92 Å². The molecule has 0 aliphatic carbocycles. The van der Waals surface area contributed by atoms with E-state index >= 15 is 0 Å². The molecule has 0 bridgehead atoms. The molecule has 1 aromatic carbocycles. The lowest BCUT2D eigenvalue weighted by Crippen LogP contribution is -2.18. The monoisotopic (exact) mass is 236 g/mol. The molecule has 0 aromatic heterocycles. The predicted octanol–water partition coefficient (Wildman–Crippen LogP) is 2.28. The lowest BCUT2D eigenvalue weighted by atomic mass is 9.89. The number of ether oxygens (including phenoxy) is 2. The molecule has 0 fully saturated rings. The van der Waals surface area contributed by atoms with Crippen LogP contribution in [0.4, 0.5) is 0 Å². The molecule has 4 heteroatoms. The zero-order chi connectivity index (χ0) is 12.4. The normalized spacial score (nSPS) is 17.3. The summed E-state index contributed by atoms with van der Waals surface area (Å²) in [6.45, 7) is 4.72. The summed E-state index contributed by atoms with van der Waals surface area (Å²) >= 11 is 0. The minimum absolute atomic E-state index is 0.0525. The van der Waals surface area contributed by atoms with E-state index in [0.29, 0.717) is 19.0 Å². The molecule has 2 rings (SSSR count). The molecule has 0 amide bonds. The highest BCUT2D eigenvalue weighted by atomic mass is 16.6. The molecule has 0 spiro atoms. The second-order valence-corrected chi connectivity index (χ2v) is 4.32.